The van der Waals surface area contributed by atoms with E-state index in [4.69, 9.17) is 9.47 Å². The van der Waals surface area contributed by atoms with Crippen LogP contribution in [0.4, 0.5) is 0 Å². The largest absolute Gasteiger partial charge is 0.494 e. The van der Waals surface area contributed by atoms with Crippen LogP contribution in [0, 0.1) is 6.92 Å². The van der Waals surface area contributed by atoms with Crippen LogP contribution in [0.1, 0.15) is 24.8 Å². The van der Waals surface area contributed by atoms with E-state index in [1.165, 1.54) is 38.0 Å². The zero-order valence-electron chi connectivity index (χ0n) is 12.0. The molecular weight excluding hydrogens is 238 g/mol. The number of unbranched alkanes of at least 4 members (excludes halogenated alkanes) is 2. The van der Waals surface area contributed by atoms with Gasteiger partial charge in [0, 0.05) is 0 Å². The highest BCUT2D eigenvalue weighted by Crippen LogP contribution is 2.12. The average molecular weight is 264 g/mol. The van der Waals surface area contributed by atoms with Crippen molar-refractivity contribution >= 4 is 0 Å². The van der Waals surface area contributed by atoms with Crippen LogP contribution in [0.3, 0.4) is 0 Å². The van der Waals surface area contributed by atoms with Crippen molar-refractivity contribution in [2.24, 2.45) is 0 Å². The van der Waals surface area contributed by atoms with Gasteiger partial charge in [0.1, 0.15) is 18.8 Å². The second kappa shape index (κ2) is 8.18. The van der Waals surface area contributed by atoms with Gasteiger partial charge in [-0.05, 0) is 43.9 Å². The van der Waals surface area contributed by atoms with Crippen molar-refractivity contribution in [1.29, 1.82) is 0 Å². The molecule has 1 aliphatic heterocycles. The SMILES string of the molecule is Cc1cccc(OCCCCC[NH+]2CCOCC2)c1. The third kappa shape index (κ3) is 5.62. The normalized spacial score (nSPS) is 16.5. The summed E-state index contributed by atoms with van der Waals surface area (Å²) in [4.78, 5) is 1.70. The molecule has 0 unspecified atom stereocenters. The van der Waals surface area contributed by atoms with E-state index in [2.05, 4.69) is 19.1 Å². The second-order valence-electron chi connectivity index (χ2n) is 5.34. The van der Waals surface area contributed by atoms with Crippen LogP contribution in [-0.4, -0.2) is 39.5 Å². The summed E-state index contributed by atoms with van der Waals surface area (Å²) in [7, 11) is 0. The van der Waals surface area contributed by atoms with Gasteiger partial charge in [0.05, 0.1) is 26.4 Å². The lowest BCUT2D eigenvalue weighted by molar-refractivity contribution is -0.908. The Bertz CT molecular complexity index is 362. The lowest BCUT2D eigenvalue weighted by atomic mass is 10.2. The Morgan fingerprint density at radius 3 is 2.79 bits per heavy atom. The summed E-state index contributed by atoms with van der Waals surface area (Å²) in [6.07, 6.45) is 3.71. The number of hydrogen-bond donors (Lipinski definition) is 1. The Morgan fingerprint density at radius 2 is 2.00 bits per heavy atom. The molecule has 1 aliphatic rings. The zero-order chi connectivity index (χ0) is 13.3. The quantitative estimate of drug-likeness (QED) is 0.754. The molecule has 0 aliphatic carbocycles. The smallest absolute Gasteiger partial charge is 0.119 e. The number of morpholine rings is 1. The molecule has 2 rings (SSSR count). The maximum absolute atomic E-state index is 5.75. The number of nitrogens with one attached hydrogen (secondary N) is 1. The predicted molar refractivity (Wildman–Crippen MR) is 76.9 cm³/mol. The van der Waals surface area contributed by atoms with Crippen LogP contribution in [-0.2, 0) is 4.74 Å². The Morgan fingerprint density at radius 1 is 1.16 bits per heavy atom. The third-order valence-corrected chi connectivity index (χ3v) is 3.63. The minimum Gasteiger partial charge on any atom is -0.494 e. The van der Waals surface area contributed by atoms with Gasteiger partial charge in [-0.1, -0.05) is 12.1 Å². The molecule has 1 aromatic carbocycles. The first-order valence-corrected chi connectivity index (χ1v) is 7.45. The molecule has 1 aromatic rings. The van der Waals surface area contributed by atoms with Gasteiger partial charge >= 0.3 is 0 Å². The predicted octanol–water partition coefficient (Wildman–Crippen LogP) is 1.46. The topological polar surface area (TPSA) is 22.9 Å². The van der Waals surface area contributed by atoms with E-state index in [0.717, 1.165) is 32.0 Å². The van der Waals surface area contributed by atoms with E-state index in [0.29, 0.717) is 0 Å². The van der Waals surface area contributed by atoms with Gasteiger partial charge in [-0.2, -0.15) is 0 Å². The highest BCUT2D eigenvalue weighted by atomic mass is 16.5. The number of aryl methyl sites for hydroxylation is 1. The van der Waals surface area contributed by atoms with Crippen LogP contribution in [0.25, 0.3) is 0 Å². The summed E-state index contributed by atoms with van der Waals surface area (Å²) in [6.45, 7) is 8.45. The van der Waals surface area contributed by atoms with Crippen LogP contribution < -0.4 is 9.64 Å². The van der Waals surface area contributed by atoms with E-state index >= 15 is 0 Å². The van der Waals surface area contributed by atoms with Crippen molar-refractivity contribution in [2.45, 2.75) is 26.2 Å². The summed E-state index contributed by atoms with van der Waals surface area (Å²) >= 11 is 0. The van der Waals surface area contributed by atoms with E-state index < -0.39 is 0 Å². The molecule has 0 bridgehead atoms. The molecule has 0 atom stereocenters. The zero-order valence-corrected chi connectivity index (χ0v) is 12.0. The molecular formula is C16H26NO2+. The maximum atomic E-state index is 5.75. The fourth-order valence-electron chi connectivity index (χ4n) is 2.46. The first-order chi connectivity index (χ1) is 9.34. The Balaban J connectivity index is 1.50. The van der Waals surface area contributed by atoms with E-state index in [1.54, 1.807) is 4.90 Å². The van der Waals surface area contributed by atoms with Crippen molar-refractivity contribution in [3.63, 3.8) is 0 Å². The molecule has 0 spiro atoms. The molecule has 0 amide bonds. The molecule has 19 heavy (non-hydrogen) atoms. The fraction of sp³-hybridized carbons (Fsp3) is 0.625. The molecule has 0 radical (unpaired) electrons. The molecule has 3 heteroatoms. The van der Waals surface area contributed by atoms with Crippen molar-refractivity contribution in [2.75, 3.05) is 39.5 Å². The van der Waals surface area contributed by atoms with Gasteiger partial charge in [0.2, 0.25) is 0 Å². The Hall–Kier alpha value is -1.06. The summed E-state index contributed by atoms with van der Waals surface area (Å²) in [5, 5.41) is 0. The Labute approximate surface area is 116 Å². The molecule has 1 fully saturated rings. The number of benzene rings is 1. The molecule has 3 nitrogen and oxygen atoms in total. The van der Waals surface area contributed by atoms with Crippen molar-refractivity contribution in [3.8, 4) is 5.75 Å². The number of ether oxygens (including phenoxy) is 2. The van der Waals surface area contributed by atoms with Crippen LogP contribution in [0.2, 0.25) is 0 Å². The highest BCUT2D eigenvalue weighted by molar-refractivity contribution is 5.27. The monoisotopic (exact) mass is 264 g/mol. The molecule has 1 saturated heterocycles. The summed E-state index contributed by atoms with van der Waals surface area (Å²) in [6, 6.07) is 8.27. The van der Waals surface area contributed by atoms with E-state index in [9.17, 15) is 0 Å². The molecule has 1 N–H and O–H groups in total. The standard InChI is InChI=1S/C16H25NO2/c1-15-6-5-7-16(14-15)19-11-4-2-3-8-17-9-12-18-13-10-17/h5-7,14H,2-4,8-13H2,1H3/p+1. The first-order valence-electron chi connectivity index (χ1n) is 7.45. The van der Waals surface area contributed by atoms with Gasteiger partial charge in [0.25, 0.3) is 0 Å². The summed E-state index contributed by atoms with van der Waals surface area (Å²) in [5.41, 5.74) is 1.26. The van der Waals surface area contributed by atoms with Gasteiger partial charge in [-0.25, -0.2) is 0 Å². The van der Waals surface area contributed by atoms with Gasteiger partial charge in [0.15, 0.2) is 0 Å². The molecule has 0 saturated carbocycles. The summed E-state index contributed by atoms with van der Waals surface area (Å²) < 4.78 is 11.1. The van der Waals surface area contributed by atoms with Gasteiger partial charge in [-0.3, -0.25) is 0 Å². The highest BCUT2D eigenvalue weighted by Gasteiger charge is 2.12. The van der Waals surface area contributed by atoms with Gasteiger partial charge < -0.3 is 14.4 Å². The first kappa shape index (κ1) is 14.4. The van der Waals surface area contributed by atoms with Crippen LogP contribution in [0.15, 0.2) is 24.3 Å². The second-order valence-corrected chi connectivity index (χ2v) is 5.34. The van der Waals surface area contributed by atoms with Crippen LogP contribution in [0.5, 0.6) is 5.75 Å². The molecule has 1 heterocycles. The van der Waals surface area contributed by atoms with Crippen molar-refractivity contribution < 1.29 is 14.4 Å². The maximum Gasteiger partial charge on any atom is 0.119 e. The molecule has 106 valence electrons. The molecule has 0 aromatic heterocycles. The van der Waals surface area contributed by atoms with Crippen molar-refractivity contribution in [3.05, 3.63) is 29.8 Å². The number of rotatable bonds is 7. The fourth-order valence-corrected chi connectivity index (χ4v) is 2.46. The minimum absolute atomic E-state index is 0.835. The Kier molecular flexibility index (Phi) is 6.18. The lowest BCUT2D eigenvalue weighted by Crippen LogP contribution is -3.14. The van der Waals surface area contributed by atoms with E-state index in [-0.39, 0.29) is 0 Å². The lowest BCUT2D eigenvalue weighted by Gasteiger charge is -2.23. The third-order valence-electron chi connectivity index (χ3n) is 3.63. The van der Waals surface area contributed by atoms with E-state index in [1.807, 2.05) is 12.1 Å². The summed E-state index contributed by atoms with van der Waals surface area (Å²) in [5.74, 6) is 0.999. The number of quaternary nitrogens is 1. The number of hydrogen-bond acceptors (Lipinski definition) is 2. The van der Waals surface area contributed by atoms with Crippen LogP contribution >= 0.6 is 0 Å². The van der Waals surface area contributed by atoms with Crippen molar-refractivity contribution in [1.82, 2.24) is 0 Å². The average Bonchev–Trinajstić information content (AvgIpc) is 2.44. The van der Waals surface area contributed by atoms with Gasteiger partial charge in [-0.15, -0.1) is 0 Å². The minimum atomic E-state index is 0.835.